The molecule has 2 aliphatic carbocycles. The van der Waals surface area contributed by atoms with Crippen molar-refractivity contribution in [3.63, 3.8) is 0 Å². The third-order valence-corrected chi connectivity index (χ3v) is 4.61. The van der Waals surface area contributed by atoms with Gasteiger partial charge in [0.15, 0.2) is 0 Å². The average molecular weight is 240 g/mol. The summed E-state index contributed by atoms with van der Waals surface area (Å²) in [6, 6.07) is 0. The molecule has 4 nitrogen and oxygen atoms in total. The molecule has 5 heteroatoms. The molecule has 0 aliphatic heterocycles. The number of aliphatic hydroxyl groups excluding tert-OH is 1. The highest BCUT2D eigenvalue weighted by Crippen LogP contribution is 2.52. The zero-order valence-corrected chi connectivity index (χ0v) is 10.1. The molecule has 0 radical (unpaired) electrons. The Bertz CT molecular complexity index is 284. The molecule has 2 fully saturated rings. The average Bonchev–Trinajstić information content (AvgIpc) is 2.76. The number of hydrogen-bond acceptors (Lipinski definition) is 3. The number of rotatable bonds is 5. The second-order valence-electron chi connectivity index (χ2n) is 5.61. The van der Waals surface area contributed by atoms with Gasteiger partial charge in [-0.25, -0.2) is 0 Å². The maximum Gasteiger partial charge on any atom is 0.306 e. The second-order valence-corrected chi connectivity index (χ2v) is 5.61. The summed E-state index contributed by atoms with van der Waals surface area (Å²) in [4.78, 5) is 11.2. The third-order valence-electron chi connectivity index (χ3n) is 4.61. The van der Waals surface area contributed by atoms with E-state index in [-0.39, 0.29) is 25.4 Å². The van der Waals surface area contributed by atoms with Crippen LogP contribution in [0.15, 0.2) is 0 Å². The molecule has 0 amide bonds. The zero-order chi connectivity index (χ0) is 12.4. The van der Waals surface area contributed by atoms with E-state index in [1.807, 2.05) is 0 Å². The molecule has 2 saturated carbocycles. The topological polar surface area (TPSA) is 77.8 Å². The van der Waals surface area contributed by atoms with Crippen LogP contribution in [0.3, 0.4) is 0 Å². The molecule has 5 unspecified atom stereocenters. The molecule has 5 atom stereocenters. The molecule has 0 aromatic heterocycles. The monoisotopic (exact) mass is 240 g/mol. The highest BCUT2D eigenvalue weighted by molar-refractivity contribution is 6.25. The first-order valence-corrected chi connectivity index (χ1v) is 6.65. The van der Waals surface area contributed by atoms with E-state index in [0.717, 1.165) is 38.4 Å². The van der Waals surface area contributed by atoms with E-state index in [1.54, 1.807) is 0 Å². The Morgan fingerprint density at radius 2 is 2.06 bits per heavy atom. The largest absolute Gasteiger partial charge is 0.481 e. The van der Waals surface area contributed by atoms with Crippen molar-refractivity contribution in [1.82, 2.24) is 0 Å². The quantitative estimate of drug-likeness (QED) is 0.486. The van der Waals surface area contributed by atoms with Gasteiger partial charge in [-0.2, -0.15) is 0 Å². The zero-order valence-electron chi connectivity index (χ0n) is 10.1. The van der Waals surface area contributed by atoms with Gasteiger partial charge in [0.25, 0.3) is 7.48 Å². The summed E-state index contributed by atoms with van der Waals surface area (Å²) in [6.45, 7) is 0. The number of carbonyl (C=O) groups is 1. The molecule has 0 aromatic rings. The van der Waals surface area contributed by atoms with Crippen LogP contribution in [-0.2, 0) is 4.79 Å². The van der Waals surface area contributed by atoms with Gasteiger partial charge in [-0.1, -0.05) is 12.7 Å². The van der Waals surface area contributed by atoms with Crippen molar-refractivity contribution in [2.75, 3.05) is 0 Å². The molecular formula is C12H21BO4. The van der Waals surface area contributed by atoms with Crippen molar-refractivity contribution in [2.24, 2.45) is 23.7 Å². The molecular weight excluding hydrogens is 219 g/mol. The first kappa shape index (κ1) is 12.9. The van der Waals surface area contributed by atoms with Crippen LogP contribution in [0, 0.1) is 23.7 Å². The first-order chi connectivity index (χ1) is 8.13. The van der Waals surface area contributed by atoms with Crippen LogP contribution in [0.25, 0.3) is 0 Å². The van der Waals surface area contributed by atoms with Crippen molar-refractivity contribution in [3.05, 3.63) is 0 Å². The van der Waals surface area contributed by atoms with Gasteiger partial charge in [0, 0.05) is 0 Å². The van der Waals surface area contributed by atoms with Crippen molar-refractivity contribution < 1.29 is 20.0 Å². The lowest BCUT2D eigenvalue weighted by Crippen LogP contribution is -2.23. The maximum atomic E-state index is 11.2. The highest BCUT2D eigenvalue weighted by atomic mass is 16.4. The van der Waals surface area contributed by atoms with E-state index < -0.39 is 5.97 Å². The minimum absolute atomic E-state index is 0.182. The summed E-state index contributed by atoms with van der Waals surface area (Å²) in [5.74, 6) is 0.107. The van der Waals surface area contributed by atoms with E-state index in [4.69, 9.17) is 5.02 Å². The van der Waals surface area contributed by atoms with Crippen molar-refractivity contribution >= 4 is 13.5 Å². The Labute approximate surface area is 102 Å². The van der Waals surface area contributed by atoms with Crippen LogP contribution in [0.1, 0.15) is 32.1 Å². The number of aliphatic carboxylic acids is 1. The van der Waals surface area contributed by atoms with Gasteiger partial charge in [0.2, 0.25) is 0 Å². The lowest BCUT2D eigenvalue weighted by molar-refractivity contribution is -0.143. The molecule has 96 valence electrons. The van der Waals surface area contributed by atoms with Crippen molar-refractivity contribution in [1.29, 1.82) is 0 Å². The van der Waals surface area contributed by atoms with Crippen LogP contribution >= 0.6 is 0 Å². The Balaban J connectivity index is 1.98. The predicted octanol–water partition coefficient (Wildman–Crippen LogP) is 0.636. The molecule has 17 heavy (non-hydrogen) atoms. The van der Waals surface area contributed by atoms with Crippen LogP contribution in [0.4, 0.5) is 0 Å². The Morgan fingerprint density at radius 3 is 2.71 bits per heavy atom. The third kappa shape index (κ3) is 2.66. The van der Waals surface area contributed by atoms with Gasteiger partial charge in [0.1, 0.15) is 0 Å². The lowest BCUT2D eigenvalue weighted by atomic mass is 9.81. The summed E-state index contributed by atoms with van der Waals surface area (Å²) in [6.07, 6.45) is 4.60. The molecule has 0 aromatic carbocycles. The standard InChI is InChI=1S/C12H21BO4/c14-8-4-7-5-11(12(15)16)9(10(7)6-8)2-1-3-13-17/h7-11,13-14,17H,1-6H2,(H,15,16). The van der Waals surface area contributed by atoms with E-state index in [9.17, 15) is 15.0 Å². The Morgan fingerprint density at radius 1 is 1.29 bits per heavy atom. The summed E-state index contributed by atoms with van der Waals surface area (Å²) < 4.78 is 0. The van der Waals surface area contributed by atoms with E-state index in [0.29, 0.717) is 11.8 Å². The SMILES string of the molecule is O=C(O)C1CC2CC(O)CC2C1CCCBO. The normalized spacial score (nSPS) is 40.2. The fourth-order valence-corrected chi connectivity index (χ4v) is 3.91. The first-order valence-electron chi connectivity index (χ1n) is 6.65. The van der Waals surface area contributed by atoms with Crippen molar-refractivity contribution in [3.8, 4) is 0 Å². The molecule has 2 aliphatic rings. The highest BCUT2D eigenvalue weighted by Gasteiger charge is 2.49. The number of hydrogen-bond donors (Lipinski definition) is 3. The number of carboxylic acid groups (broad SMARTS) is 1. The van der Waals surface area contributed by atoms with Gasteiger partial charge in [0.05, 0.1) is 12.0 Å². The van der Waals surface area contributed by atoms with Gasteiger partial charge in [-0.3, -0.25) is 4.79 Å². The summed E-state index contributed by atoms with van der Waals surface area (Å²) in [5, 5.41) is 27.7. The van der Waals surface area contributed by atoms with Crippen LogP contribution in [-0.4, -0.2) is 34.8 Å². The summed E-state index contributed by atoms with van der Waals surface area (Å²) in [5.41, 5.74) is 0. The number of carboxylic acids is 1. The Kier molecular flexibility index (Phi) is 4.10. The number of aliphatic hydroxyl groups is 1. The van der Waals surface area contributed by atoms with Gasteiger partial charge < -0.3 is 15.2 Å². The smallest absolute Gasteiger partial charge is 0.306 e. The lowest BCUT2D eigenvalue weighted by Gasteiger charge is -2.21. The summed E-state index contributed by atoms with van der Waals surface area (Å²) in [7, 11) is 0.182. The van der Waals surface area contributed by atoms with Gasteiger partial charge in [-0.05, 0) is 43.4 Å². The predicted molar refractivity (Wildman–Crippen MR) is 64.9 cm³/mol. The van der Waals surface area contributed by atoms with E-state index in [2.05, 4.69) is 0 Å². The molecule has 0 saturated heterocycles. The minimum Gasteiger partial charge on any atom is -0.481 e. The van der Waals surface area contributed by atoms with E-state index in [1.165, 1.54) is 0 Å². The fraction of sp³-hybridized carbons (Fsp3) is 0.917. The Hall–Kier alpha value is -0.545. The van der Waals surface area contributed by atoms with E-state index >= 15 is 0 Å². The van der Waals surface area contributed by atoms with Gasteiger partial charge >= 0.3 is 5.97 Å². The molecule has 0 spiro atoms. The van der Waals surface area contributed by atoms with Crippen LogP contribution in [0.2, 0.25) is 6.32 Å². The maximum absolute atomic E-state index is 11.2. The van der Waals surface area contributed by atoms with Gasteiger partial charge in [-0.15, -0.1) is 0 Å². The molecule has 2 rings (SSSR count). The van der Waals surface area contributed by atoms with Crippen LogP contribution < -0.4 is 0 Å². The number of fused-ring (bicyclic) bond motifs is 1. The van der Waals surface area contributed by atoms with Crippen LogP contribution in [0.5, 0.6) is 0 Å². The van der Waals surface area contributed by atoms with Crippen molar-refractivity contribution in [2.45, 2.75) is 44.5 Å². The minimum atomic E-state index is -0.678. The molecule has 0 heterocycles. The second kappa shape index (κ2) is 5.40. The fourth-order valence-electron chi connectivity index (χ4n) is 3.91. The molecule has 3 N–H and O–H groups in total. The summed E-state index contributed by atoms with van der Waals surface area (Å²) >= 11 is 0. The molecule has 0 bridgehead atoms.